The van der Waals surface area contributed by atoms with Crippen molar-refractivity contribution in [3.05, 3.63) is 0 Å². The fraction of sp³-hybridized carbons (Fsp3) is 0.952. The Morgan fingerprint density at radius 3 is 1.46 bits per heavy atom. The summed E-state index contributed by atoms with van der Waals surface area (Å²) in [5, 5.41) is 1.63. The third kappa shape index (κ3) is 6.39. The Morgan fingerprint density at radius 1 is 0.821 bits per heavy atom. The molecule has 28 heavy (non-hydrogen) atoms. The predicted octanol–water partition coefficient (Wildman–Crippen LogP) is 5.59. The van der Waals surface area contributed by atoms with Crippen LogP contribution >= 0.6 is 0 Å². The van der Waals surface area contributed by atoms with Crippen molar-refractivity contribution in [3.8, 4) is 0 Å². The summed E-state index contributed by atoms with van der Waals surface area (Å²) in [5.74, 6) is -0.0990. The zero-order valence-corrected chi connectivity index (χ0v) is 22.4. The summed E-state index contributed by atoms with van der Waals surface area (Å²) < 4.78 is 13.5. The zero-order valence-electron chi connectivity index (χ0n) is 20.4. The maximum absolute atomic E-state index is 12.9. The topological polar surface area (TPSA) is 48.0 Å². The molecular weight excluding hydrogens is 386 g/mol. The van der Waals surface area contributed by atoms with Crippen LogP contribution in [-0.2, 0) is 18.5 Å². The largest absolute Gasteiger partial charge is 0.414 e. The molecule has 0 heterocycles. The lowest BCUT2D eigenvalue weighted by molar-refractivity contribution is -0.176. The van der Waals surface area contributed by atoms with Gasteiger partial charge in [-0.05, 0) is 55.5 Å². The predicted molar refractivity (Wildman–Crippen MR) is 121 cm³/mol. The molecule has 166 valence electrons. The molecule has 1 amide bonds. The second kappa shape index (κ2) is 8.88. The highest BCUT2D eigenvalue weighted by Gasteiger charge is 2.45. The van der Waals surface area contributed by atoms with Crippen LogP contribution in [0.15, 0.2) is 0 Å². The third-order valence-electron chi connectivity index (χ3n) is 7.09. The summed E-state index contributed by atoms with van der Waals surface area (Å²) in [6.07, 6.45) is 2.49. The number of amides is 1. The number of hydroxylamine groups is 2. The minimum atomic E-state index is -1.92. The summed E-state index contributed by atoms with van der Waals surface area (Å²) in [7, 11) is -0.614. The molecule has 1 fully saturated rings. The molecular formula is C21H45NO4Si2. The molecule has 2 atom stereocenters. The van der Waals surface area contributed by atoms with Gasteiger partial charge in [0.2, 0.25) is 5.91 Å². The fourth-order valence-electron chi connectivity index (χ4n) is 3.14. The van der Waals surface area contributed by atoms with Gasteiger partial charge in [0.05, 0.1) is 7.11 Å². The van der Waals surface area contributed by atoms with Gasteiger partial charge in [0.1, 0.15) is 0 Å². The summed E-state index contributed by atoms with van der Waals surface area (Å²) in [5.41, 5.74) is 0. The van der Waals surface area contributed by atoms with Crippen molar-refractivity contribution in [2.75, 3.05) is 14.2 Å². The molecule has 0 radical (unpaired) electrons. The molecule has 0 aromatic carbocycles. The van der Waals surface area contributed by atoms with E-state index in [0.717, 1.165) is 19.3 Å². The van der Waals surface area contributed by atoms with Gasteiger partial charge in [0.15, 0.2) is 16.6 Å². The van der Waals surface area contributed by atoms with E-state index in [9.17, 15) is 4.79 Å². The molecule has 0 spiro atoms. The smallest absolute Gasteiger partial charge is 0.249 e. The van der Waals surface area contributed by atoms with Crippen LogP contribution in [0.4, 0.5) is 0 Å². The summed E-state index contributed by atoms with van der Waals surface area (Å²) in [4.78, 5) is 18.0. The SMILES string of the molecule is CON(C)C(=O)C1C[C@@H](O[Si](C)(C)C(C)(C)C)C[C@H](O[Si](C)(C)C(C)(C)C)C1. The van der Waals surface area contributed by atoms with E-state index in [1.165, 1.54) is 12.2 Å². The number of nitrogens with zero attached hydrogens (tertiary/aromatic N) is 1. The second-order valence-electron chi connectivity index (χ2n) is 11.4. The molecule has 0 aromatic rings. The third-order valence-corrected chi connectivity index (χ3v) is 16.2. The summed E-state index contributed by atoms with van der Waals surface area (Å²) in [6, 6.07) is 0. The van der Waals surface area contributed by atoms with E-state index in [4.69, 9.17) is 13.7 Å². The van der Waals surface area contributed by atoms with Crippen molar-refractivity contribution < 1.29 is 18.5 Å². The lowest BCUT2D eigenvalue weighted by atomic mass is 9.85. The first-order valence-corrected chi connectivity index (χ1v) is 16.4. The lowest BCUT2D eigenvalue weighted by Gasteiger charge is -2.46. The van der Waals surface area contributed by atoms with Gasteiger partial charge in [-0.3, -0.25) is 9.63 Å². The number of hydrogen-bond acceptors (Lipinski definition) is 4. The highest BCUT2D eigenvalue weighted by molar-refractivity contribution is 6.74. The van der Waals surface area contributed by atoms with Crippen LogP contribution in [0, 0.1) is 5.92 Å². The van der Waals surface area contributed by atoms with Gasteiger partial charge in [0.25, 0.3) is 0 Å². The van der Waals surface area contributed by atoms with Gasteiger partial charge in [-0.1, -0.05) is 41.5 Å². The van der Waals surface area contributed by atoms with Crippen LogP contribution < -0.4 is 0 Å². The summed E-state index contributed by atoms with van der Waals surface area (Å²) >= 11 is 0. The van der Waals surface area contributed by atoms with E-state index in [2.05, 4.69) is 67.7 Å². The average molecular weight is 432 g/mol. The molecule has 0 unspecified atom stereocenters. The van der Waals surface area contributed by atoms with E-state index in [1.807, 2.05) is 0 Å². The van der Waals surface area contributed by atoms with Crippen molar-refractivity contribution >= 4 is 22.5 Å². The van der Waals surface area contributed by atoms with E-state index < -0.39 is 16.6 Å². The number of hydrogen-bond donors (Lipinski definition) is 0. The maximum Gasteiger partial charge on any atom is 0.249 e. The van der Waals surface area contributed by atoms with Crippen LogP contribution in [-0.4, -0.2) is 54.0 Å². The van der Waals surface area contributed by atoms with Crippen molar-refractivity contribution in [1.82, 2.24) is 5.06 Å². The molecule has 1 rings (SSSR count). The first kappa shape index (κ1) is 25.8. The van der Waals surface area contributed by atoms with Crippen molar-refractivity contribution in [3.63, 3.8) is 0 Å². The molecule has 5 nitrogen and oxygen atoms in total. The van der Waals surface area contributed by atoms with Gasteiger partial charge in [-0.2, -0.15) is 0 Å². The van der Waals surface area contributed by atoms with Gasteiger partial charge >= 0.3 is 0 Å². The van der Waals surface area contributed by atoms with E-state index in [0.29, 0.717) is 0 Å². The first-order chi connectivity index (χ1) is 12.4. The Labute approximate surface area is 175 Å². The second-order valence-corrected chi connectivity index (χ2v) is 20.9. The highest BCUT2D eigenvalue weighted by atomic mass is 28.4. The average Bonchev–Trinajstić information content (AvgIpc) is 2.50. The lowest BCUT2D eigenvalue weighted by Crippen LogP contribution is -2.51. The van der Waals surface area contributed by atoms with Gasteiger partial charge in [0, 0.05) is 25.2 Å². The molecule has 0 saturated heterocycles. The van der Waals surface area contributed by atoms with Crippen LogP contribution in [0.3, 0.4) is 0 Å². The van der Waals surface area contributed by atoms with E-state index in [1.54, 1.807) is 7.05 Å². The first-order valence-electron chi connectivity index (χ1n) is 10.6. The Kier molecular flexibility index (Phi) is 8.19. The Bertz CT molecular complexity index is 502. The van der Waals surface area contributed by atoms with Crippen LogP contribution in [0.25, 0.3) is 0 Å². The van der Waals surface area contributed by atoms with Crippen LogP contribution in [0.5, 0.6) is 0 Å². The molecule has 0 bridgehead atoms. The molecule has 0 aliphatic heterocycles. The van der Waals surface area contributed by atoms with E-state index >= 15 is 0 Å². The number of carbonyl (C=O) groups is 1. The molecule has 1 aliphatic carbocycles. The highest BCUT2D eigenvalue weighted by Crippen LogP contribution is 2.43. The van der Waals surface area contributed by atoms with Gasteiger partial charge in [-0.25, -0.2) is 5.06 Å². The fourth-order valence-corrected chi connectivity index (χ4v) is 5.90. The number of carbonyl (C=O) groups excluding carboxylic acids is 1. The number of rotatable bonds is 6. The van der Waals surface area contributed by atoms with E-state index in [-0.39, 0.29) is 34.1 Å². The zero-order chi connectivity index (χ0) is 22.1. The molecule has 0 aromatic heterocycles. The molecule has 0 N–H and O–H groups in total. The van der Waals surface area contributed by atoms with Crippen LogP contribution in [0.2, 0.25) is 36.3 Å². The maximum atomic E-state index is 12.9. The Morgan fingerprint density at radius 2 is 1.18 bits per heavy atom. The standard InChI is InChI=1S/C21H45NO4Si2/c1-20(2,3)27(9,10)25-17-13-16(19(23)22(7)24-8)14-18(15-17)26-28(11,12)21(4,5)6/h16-18H,13-15H2,1-12H3/t17-,18-/m1/s1. The van der Waals surface area contributed by atoms with Crippen molar-refractivity contribution in [2.24, 2.45) is 5.92 Å². The minimum absolute atomic E-state index is 0.0230. The van der Waals surface area contributed by atoms with Crippen molar-refractivity contribution in [2.45, 2.75) is 109 Å². The van der Waals surface area contributed by atoms with Gasteiger partial charge < -0.3 is 8.85 Å². The normalized spacial score (nSPS) is 24.9. The quantitative estimate of drug-likeness (QED) is 0.406. The summed E-state index contributed by atoms with van der Waals surface area (Å²) in [6.45, 7) is 22.7. The molecule has 1 saturated carbocycles. The molecule has 1 aliphatic rings. The van der Waals surface area contributed by atoms with Crippen molar-refractivity contribution in [1.29, 1.82) is 0 Å². The molecule has 7 heteroatoms. The minimum Gasteiger partial charge on any atom is -0.414 e. The van der Waals surface area contributed by atoms with Gasteiger partial charge in [-0.15, -0.1) is 0 Å². The Hall–Kier alpha value is -0.216. The van der Waals surface area contributed by atoms with Crippen LogP contribution in [0.1, 0.15) is 60.8 Å². The monoisotopic (exact) mass is 431 g/mol. The Balaban J connectivity index is 3.06.